The lowest BCUT2D eigenvalue weighted by molar-refractivity contribution is 0.167. The van der Waals surface area contributed by atoms with Crippen molar-refractivity contribution in [3.8, 4) is 0 Å². The Balaban J connectivity index is 2.01. The van der Waals surface area contributed by atoms with Gasteiger partial charge in [-0.05, 0) is 12.8 Å². The molecule has 1 aliphatic carbocycles. The zero-order valence-electron chi connectivity index (χ0n) is 7.83. The van der Waals surface area contributed by atoms with Gasteiger partial charge in [-0.2, -0.15) is 0 Å². The molecule has 1 aliphatic heterocycles. The smallest absolute Gasteiger partial charge is 0.317 e. The molecule has 2 rings (SSSR count). The van der Waals surface area contributed by atoms with E-state index in [-0.39, 0.29) is 18.1 Å². The standard InChI is InChI=1S/C9H17N3O/c10-7-3-1-2-4-8(7)12-6-5-11-9(12)13/h7-8H,1-6,10H2,(H,11,13). The number of amides is 2. The number of rotatable bonds is 1. The van der Waals surface area contributed by atoms with Crippen LogP contribution in [0.15, 0.2) is 0 Å². The molecular formula is C9H17N3O. The molecule has 2 unspecified atom stereocenters. The maximum atomic E-state index is 11.4. The monoisotopic (exact) mass is 183 g/mol. The summed E-state index contributed by atoms with van der Waals surface area (Å²) >= 11 is 0. The number of hydrogen-bond donors (Lipinski definition) is 2. The number of nitrogens with one attached hydrogen (secondary N) is 1. The van der Waals surface area contributed by atoms with E-state index >= 15 is 0 Å². The average Bonchev–Trinajstić information content (AvgIpc) is 2.52. The molecule has 13 heavy (non-hydrogen) atoms. The summed E-state index contributed by atoms with van der Waals surface area (Å²) in [5.74, 6) is 0. The summed E-state index contributed by atoms with van der Waals surface area (Å²) in [4.78, 5) is 13.3. The molecule has 1 heterocycles. The van der Waals surface area contributed by atoms with Crippen molar-refractivity contribution in [2.45, 2.75) is 37.8 Å². The molecule has 3 N–H and O–H groups in total. The van der Waals surface area contributed by atoms with Gasteiger partial charge in [0.1, 0.15) is 0 Å². The molecule has 1 saturated heterocycles. The lowest BCUT2D eigenvalue weighted by atomic mass is 9.90. The van der Waals surface area contributed by atoms with E-state index in [0.717, 1.165) is 25.9 Å². The molecule has 1 saturated carbocycles. The van der Waals surface area contributed by atoms with Crippen LogP contribution < -0.4 is 11.1 Å². The minimum atomic E-state index is 0.0716. The zero-order chi connectivity index (χ0) is 9.26. The predicted octanol–water partition coefficient (Wildman–Crippen LogP) is 0.281. The molecule has 0 aromatic rings. The van der Waals surface area contributed by atoms with E-state index in [4.69, 9.17) is 5.73 Å². The second kappa shape index (κ2) is 3.54. The number of carbonyl (C=O) groups excluding carboxylic acids is 1. The molecule has 0 aromatic heterocycles. The minimum absolute atomic E-state index is 0.0716. The first-order valence-corrected chi connectivity index (χ1v) is 5.09. The van der Waals surface area contributed by atoms with E-state index in [1.165, 1.54) is 12.8 Å². The summed E-state index contributed by atoms with van der Waals surface area (Å²) in [6.07, 6.45) is 4.57. The molecule has 4 heteroatoms. The molecule has 2 amide bonds. The molecular weight excluding hydrogens is 166 g/mol. The van der Waals surface area contributed by atoms with Crippen LogP contribution in [0.4, 0.5) is 4.79 Å². The molecule has 0 spiro atoms. The molecule has 4 nitrogen and oxygen atoms in total. The first kappa shape index (κ1) is 8.81. The second-order valence-electron chi connectivity index (χ2n) is 3.94. The number of urea groups is 1. The number of nitrogens with zero attached hydrogens (tertiary/aromatic N) is 1. The third kappa shape index (κ3) is 1.63. The van der Waals surface area contributed by atoms with Crippen LogP contribution in [0.25, 0.3) is 0 Å². The fraction of sp³-hybridized carbons (Fsp3) is 0.889. The van der Waals surface area contributed by atoms with Gasteiger partial charge in [0.25, 0.3) is 0 Å². The van der Waals surface area contributed by atoms with Crippen molar-refractivity contribution in [3.63, 3.8) is 0 Å². The van der Waals surface area contributed by atoms with Gasteiger partial charge in [-0.25, -0.2) is 4.79 Å². The van der Waals surface area contributed by atoms with Crippen LogP contribution in [0.5, 0.6) is 0 Å². The van der Waals surface area contributed by atoms with Crippen LogP contribution in [0.2, 0.25) is 0 Å². The number of nitrogens with two attached hydrogens (primary N) is 1. The first-order valence-electron chi connectivity index (χ1n) is 5.09. The van der Waals surface area contributed by atoms with Gasteiger partial charge >= 0.3 is 6.03 Å². The Morgan fingerprint density at radius 2 is 2.15 bits per heavy atom. The van der Waals surface area contributed by atoms with Crippen LogP contribution in [0, 0.1) is 0 Å². The van der Waals surface area contributed by atoms with E-state index in [2.05, 4.69) is 5.32 Å². The summed E-state index contributed by atoms with van der Waals surface area (Å²) in [5.41, 5.74) is 6.00. The van der Waals surface area contributed by atoms with Crippen LogP contribution in [-0.2, 0) is 0 Å². The van der Waals surface area contributed by atoms with E-state index < -0.39 is 0 Å². The van der Waals surface area contributed by atoms with Gasteiger partial charge in [0.2, 0.25) is 0 Å². The van der Waals surface area contributed by atoms with E-state index in [1.807, 2.05) is 4.90 Å². The zero-order valence-corrected chi connectivity index (χ0v) is 7.83. The fourth-order valence-electron chi connectivity index (χ4n) is 2.33. The van der Waals surface area contributed by atoms with Crippen LogP contribution in [-0.4, -0.2) is 36.1 Å². The summed E-state index contributed by atoms with van der Waals surface area (Å²) in [5, 5.41) is 2.82. The van der Waals surface area contributed by atoms with Crippen molar-refractivity contribution >= 4 is 6.03 Å². The van der Waals surface area contributed by atoms with E-state index in [9.17, 15) is 4.79 Å². The van der Waals surface area contributed by atoms with E-state index in [1.54, 1.807) is 0 Å². The van der Waals surface area contributed by atoms with Crippen LogP contribution in [0.1, 0.15) is 25.7 Å². The van der Waals surface area contributed by atoms with Gasteiger partial charge in [-0.1, -0.05) is 12.8 Å². The molecule has 0 radical (unpaired) electrons. The maximum absolute atomic E-state index is 11.4. The summed E-state index contributed by atoms with van der Waals surface area (Å²) < 4.78 is 0. The van der Waals surface area contributed by atoms with Crippen LogP contribution >= 0.6 is 0 Å². The van der Waals surface area contributed by atoms with Gasteiger partial charge in [0.15, 0.2) is 0 Å². The van der Waals surface area contributed by atoms with Crippen LogP contribution in [0.3, 0.4) is 0 Å². The Bertz CT molecular complexity index is 207. The Morgan fingerprint density at radius 1 is 1.38 bits per heavy atom. The lowest BCUT2D eigenvalue weighted by Gasteiger charge is -2.35. The number of carbonyl (C=O) groups is 1. The first-order chi connectivity index (χ1) is 6.29. The van der Waals surface area contributed by atoms with E-state index in [0.29, 0.717) is 0 Å². The number of hydrogen-bond acceptors (Lipinski definition) is 2. The largest absolute Gasteiger partial charge is 0.336 e. The third-order valence-corrected chi connectivity index (χ3v) is 3.07. The van der Waals surface area contributed by atoms with Gasteiger partial charge in [-0.3, -0.25) is 0 Å². The highest BCUT2D eigenvalue weighted by Gasteiger charge is 2.32. The molecule has 74 valence electrons. The third-order valence-electron chi connectivity index (χ3n) is 3.07. The topological polar surface area (TPSA) is 58.4 Å². The molecule has 2 aliphatic rings. The Morgan fingerprint density at radius 3 is 2.77 bits per heavy atom. The quantitative estimate of drug-likeness (QED) is 0.613. The predicted molar refractivity (Wildman–Crippen MR) is 50.3 cm³/mol. The van der Waals surface area contributed by atoms with Gasteiger partial charge < -0.3 is 16.0 Å². The molecule has 0 bridgehead atoms. The van der Waals surface area contributed by atoms with Crippen molar-refractivity contribution in [1.29, 1.82) is 0 Å². The summed E-state index contributed by atoms with van der Waals surface area (Å²) in [7, 11) is 0. The van der Waals surface area contributed by atoms with Crippen molar-refractivity contribution in [3.05, 3.63) is 0 Å². The van der Waals surface area contributed by atoms with Crippen molar-refractivity contribution < 1.29 is 4.79 Å². The fourth-order valence-corrected chi connectivity index (χ4v) is 2.33. The average molecular weight is 183 g/mol. The molecule has 0 aromatic carbocycles. The minimum Gasteiger partial charge on any atom is -0.336 e. The molecule has 2 fully saturated rings. The van der Waals surface area contributed by atoms with Crippen molar-refractivity contribution in [2.24, 2.45) is 5.73 Å². The normalized spacial score (nSPS) is 34.8. The summed E-state index contributed by atoms with van der Waals surface area (Å²) in [6, 6.07) is 0.552. The van der Waals surface area contributed by atoms with Crippen molar-refractivity contribution in [2.75, 3.05) is 13.1 Å². The highest BCUT2D eigenvalue weighted by Crippen LogP contribution is 2.22. The lowest BCUT2D eigenvalue weighted by Crippen LogP contribution is -2.50. The maximum Gasteiger partial charge on any atom is 0.317 e. The van der Waals surface area contributed by atoms with Gasteiger partial charge in [0.05, 0.1) is 0 Å². The summed E-state index contributed by atoms with van der Waals surface area (Å²) in [6.45, 7) is 1.61. The van der Waals surface area contributed by atoms with Gasteiger partial charge in [-0.15, -0.1) is 0 Å². The molecule has 2 atom stereocenters. The highest BCUT2D eigenvalue weighted by atomic mass is 16.2. The second-order valence-corrected chi connectivity index (χ2v) is 3.94. The van der Waals surface area contributed by atoms with Gasteiger partial charge in [0, 0.05) is 25.2 Å². The highest BCUT2D eigenvalue weighted by molar-refractivity contribution is 5.76. The Kier molecular flexibility index (Phi) is 2.40. The Labute approximate surface area is 78.5 Å². The SMILES string of the molecule is NC1CCCCC1N1CCNC1=O. The Hall–Kier alpha value is -0.770. The van der Waals surface area contributed by atoms with Crippen molar-refractivity contribution in [1.82, 2.24) is 10.2 Å².